The Labute approximate surface area is 227 Å². The van der Waals surface area contributed by atoms with Gasteiger partial charge in [-0.1, -0.05) is 84.4 Å². The van der Waals surface area contributed by atoms with Crippen LogP contribution in [0.4, 0.5) is 4.79 Å². The fourth-order valence-corrected chi connectivity index (χ4v) is 5.15. The third-order valence-electron chi connectivity index (χ3n) is 7.10. The zero-order valence-electron chi connectivity index (χ0n) is 21.1. The van der Waals surface area contributed by atoms with Gasteiger partial charge in [0.05, 0.1) is 23.9 Å². The fraction of sp³-hybridized carbons (Fsp3) is 0.233. The summed E-state index contributed by atoms with van der Waals surface area (Å²) in [5.74, 6) is -0.478. The van der Waals surface area contributed by atoms with Crippen LogP contribution < -0.4 is 10.6 Å². The first-order chi connectivity index (χ1) is 18.4. The molecule has 3 aromatic carbocycles. The van der Waals surface area contributed by atoms with Gasteiger partial charge in [0, 0.05) is 25.0 Å². The van der Waals surface area contributed by atoms with Crippen LogP contribution in [-0.2, 0) is 22.4 Å². The monoisotopic (exact) mass is 528 g/mol. The van der Waals surface area contributed by atoms with Crippen LogP contribution in [-0.4, -0.2) is 53.8 Å². The van der Waals surface area contributed by atoms with Crippen LogP contribution in [0, 0.1) is 0 Å². The van der Waals surface area contributed by atoms with E-state index < -0.39 is 12.1 Å². The molecule has 2 aliphatic rings. The van der Waals surface area contributed by atoms with Crippen molar-refractivity contribution in [3.63, 3.8) is 0 Å². The van der Waals surface area contributed by atoms with Crippen LogP contribution in [0.3, 0.4) is 0 Å². The van der Waals surface area contributed by atoms with Gasteiger partial charge in [-0.2, -0.15) is 0 Å². The van der Waals surface area contributed by atoms with Crippen LogP contribution in [0.25, 0.3) is 0 Å². The highest BCUT2D eigenvalue weighted by Crippen LogP contribution is 2.37. The molecule has 0 bridgehead atoms. The summed E-state index contributed by atoms with van der Waals surface area (Å²) in [6, 6.07) is 25.0. The first kappa shape index (κ1) is 25.5. The molecule has 5 rings (SSSR count). The summed E-state index contributed by atoms with van der Waals surface area (Å²) in [5.41, 5.74) is 3.91. The molecule has 0 saturated carbocycles. The lowest BCUT2D eigenvalue weighted by Gasteiger charge is -2.31. The minimum Gasteiger partial charge on any atom is -0.354 e. The van der Waals surface area contributed by atoms with Crippen molar-refractivity contribution in [2.24, 2.45) is 0 Å². The summed E-state index contributed by atoms with van der Waals surface area (Å²) in [6.45, 7) is 0.627. The van der Waals surface area contributed by atoms with Crippen molar-refractivity contribution in [1.82, 2.24) is 20.4 Å². The number of halogens is 1. The Morgan fingerprint density at radius 3 is 2.26 bits per heavy atom. The molecule has 194 valence electrons. The van der Waals surface area contributed by atoms with E-state index in [1.807, 2.05) is 60.7 Å². The number of amides is 4. The Hall–Kier alpha value is -4.10. The highest BCUT2D eigenvalue weighted by Gasteiger charge is 2.46. The van der Waals surface area contributed by atoms with Gasteiger partial charge in [-0.3, -0.25) is 14.5 Å². The Bertz CT molecular complexity index is 1360. The van der Waals surface area contributed by atoms with Crippen LogP contribution in [0.15, 0.2) is 96.2 Å². The normalized spacial score (nSPS) is 17.8. The summed E-state index contributed by atoms with van der Waals surface area (Å²) in [6.07, 6.45) is 1.05. The molecular formula is C30H29ClN4O3. The number of benzene rings is 3. The second-order valence-corrected chi connectivity index (χ2v) is 9.96. The van der Waals surface area contributed by atoms with Gasteiger partial charge >= 0.3 is 6.03 Å². The van der Waals surface area contributed by atoms with Gasteiger partial charge in [0.25, 0.3) is 5.91 Å². The summed E-state index contributed by atoms with van der Waals surface area (Å²) in [5, 5.41) is 6.54. The zero-order chi connectivity index (χ0) is 26.6. The number of urea groups is 1. The lowest BCUT2D eigenvalue weighted by molar-refractivity contribution is -0.136. The molecule has 2 aliphatic heterocycles. The second-order valence-electron chi connectivity index (χ2n) is 9.52. The zero-order valence-corrected chi connectivity index (χ0v) is 21.8. The molecule has 0 fully saturated rings. The number of nitrogens with one attached hydrogen (secondary N) is 2. The van der Waals surface area contributed by atoms with Crippen LogP contribution in [0.2, 0.25) is 5.02 Å². The molecule has 3 aromatic rings. The number of carbonyl (C=O) groups is 3. The van der Waals surface area contributed by atoms with Crippen molar-refractivity contribution >= 4 is 29.4 Å². The van der Waals surface area contributed by atoms with Crippen LogP contribution in [0.5, 0.6) is 0 Å². The fourth-order valence-electron chi connectivity index (χ4n) is 5.02. The number of likely N-dealkylation sites (N-methyl/N-ethyl adjacent to an activating group) is 1. The van der Waals surface area contributed by atoms with Crippen molar-refractivity contribution < 1.29 is 14.4 Å². The first-order valence-corrected chi connectivity index (χ1v) is 13.0. The summed E-state index contributed by atoms with van der Waals surface area (Å²) >= 11 is 6.07. The quantitative estimate of drug-likeness (QED) is 0.462. The maximum absolute atomic E-state index is 14.0. The van der Waals surface area contributed by atoms with Crippen molar-refractivity contribution in [1.29, 1.82) is 0 Å². The van der Waals surface area contributed by atoms with E-state index in [1.165, 1.54) is 4.90 Å². The molecule has 7 nitrogen and oxygen atoms in total. The molecule has 0 saturated heterocycles. The minimum absolute atomic E-state index is 0.172. The SMILES string of the molecule is CN1C(=O)N[C@H](c2ccc(Cl)cc2)C2=C1CN([C@@H](Cc1ccccc1)C(=O)NCCc1ccccc1)C2=O. The molecule has 0 radical (unpaired) electrons. The molecule has 0 aromatic heterocycles. The highest BCUT2D eigenvalue weighted by atomic mass is 35.5. The third kappa shape index (κ3) is 5.29. The lowest BCUT2D eigenvalue weighted by Crippen LogP contribution is -2.50. The van der Waals surface area contributed by atoms with Crippen molar-refractivity contribution in [2.75, 3.05) is 20.1 Å². The number of carbonyl (C=O) groups excluding carboxylic acids is 3. The molecule has 8 heteroatoms. The Morgan fingerprint density at radius 2 is 1.61 bits per heavy atom. The molecule has 2 N–H and O–H groups in total. The molecule has 38 heavy (non-hydrogen) atoms. The summed E-state index contributed by atoms with van der Waals surface area (Å²) < 4.78 is 0. The summed E-state index contributed by atoms with van der Waals surface area (Å²) in [4.78, 5) is 43.4. The molecular weight excluding hydrogens is 500 g/mol. The van der Waals surface area contributed by atoms with E-state index in [1.54, 1.807) is 36.2 Å². The van der Waals surface area contributed by atoms with Gasteiger partial charge in [-0.05, 0) is 35.2 Å². The molecule has 0 unspecified atom stereocenters. The second kappa shape index (κ2) is 11.1. The average molecular weight is 529 g/mol. The summed E-state index contributed by atoms with van der Waals surface area (Å²) in [7, 11) is 1.64. The molecule has 0 spiro atoms. The largest absolute Gasteiger partial charge is 0.354 e. The Balaban J connectivity index is 1.41. The Morgan fingerprint density at radius 1 is 0.974 bits per heavy atom. The van der Waals surface area contributed by atoms with E-state index in [9.17, 15) is 14.4 Å². The maximum Gasteiger partial charge on any atom is 0.322 e. The topological polar surface area (TPSA) is 81.8 Å². The van der Waals surface area contributed by atoms with E-state index >= 15 is 0 Å². The maximum atomic E-state index is 14.0. The van der Waals surface area contributed by atoms with E-state index in [0.29, 0.717) is 35.7 Å². The molecule has 4 amide bonds. The van der Waals surface area contributed by atoms with E-state index in [2.05, 4.69) is 10.6 Å². The van der Waals surface area contributed by atoms with Gasteiger partial charge in [0.15, 0.2) is 0 Å². The molecule has 2 heterocycles. The van der Waals surface area contributed by atoms with Gasteiger partial charge in [0.1, 0.15) is 6.04 Å². The van der Waals surface area contributed by atoms with Crippen molar-refractivity contribution in [3.05, 3.63) is 118 Å². The predicted octanol–water partition coefficient (Wildman–Crippen LogP) is 4.10. The predicted molar refractivity (Wildman–Crippen MR) is 146 cm³/mol. The number of hydrogen-bond acceptors (Lipinski definition) is 3. The van der Waals surface area contributed by atoms with Crippen molar-refractivity contribution in [2.45, 2.75) is 24.9 Å². The van der Waals surface area contributed by atoms with Gasteiger partial charge in [0.2, 0.25) is 5.91 Å². The van der Waals surface area contributed by atoms with Crippen molar-refractivity contribution in [3.8, 4) is 0 Å². The molecule has 2 atom stereocenters. The number of hydrogen-bond donors (Lipinski definition) is 2. The standard InChI is InChI=1S/C30H29ClN4O3/c1-34-25-19-35(29(37)26(25)27(33-30(34)38)22-12-14-23(31)15-13-22)24(18-21-10-6-3-7-11-21)28(36)32-17-16-20-8-4-2-5-9-20/h2-15,24,27H,16-19H2,1H3,(H,32,36)(H,33,38)/t24-,27+/m0/s1. The number of rotatable bonds is 8. The number of nitrogens with zero attached hydrogens (tertiary/aromatic N) is 2. The first-order valence-electron chi connectivity index (χ1n) is 12.6. The van der Waals surface area contributed by atoms with Gasteiger partial charge in [-0.15, -0.1) is 0 Å². The van der Waals surface area contributed by atoms with E-state index in [4.69, 9.17) is 11.6 Å². The van der Waals surface area contributed by atoms with Crippen LogP contribution in [0.1, 0.15) is 22.7 Å². The van der Waals surface area contributed by atoms with Gasteiger partial charge < -0.3 is 15.5 Å². The lowest BCUT2D eigenvalue weighted by atomic mass is 9.95. The third-order valence-corrected chi connectivity index (χ3v) is 7.35. The minimum atomic E-state index is -0.736. The highest BCUT2D eigenvalue weighted by molar-refractivity contribution is 6.30. The van der Waals surface area contributed by atoms with Crippen LogP contribution >= 0.6 is 11.6 Å². The smallest absolute Gasteiger partial charge is 0.322 e. The average Bonchev–Trinajstić information content (AvgIpc) is 3.28. The Kier molecular flexibility index (Phi) is 7.47. The van der Waals surface area contributed by atoms with E-state index in [0.717, 1.165) is 16.7 Å². The van der Waals surface area contributed by atoms with Gasteiger partial charge in [-0.25, -0.2) is 4.79 Å². The van der Waals surface area contributed by atoms with E-state index in [-0.39, 0.29) is 24.4 Å². The molecule has 0 aliphatic carbocycles.